The van der Waals surface area contributed by atoms with Gasteiger partial charge in [-0.15, -0.1) is 0 Å². The van der Waals surface area contributed by atoms with E-state index in [-0.39, 0.29) is 36.4 Å². The molecule has 0 saturated heterocycles. The molecule has 12 heavy (non-hydrogen) atoms. The molecule has 3 nitrogen and oxygen atoms in total. The van der Waals surface area contributed by atoms with Crippen LogP contribution in [-0.4, -0.2) is 26.4 Å². The van der Waals surface area contributed by atoms with E-state index in [1.54, 1.807) is 0 Å². The maximum atomic E-state index is 10.5. The predicted octanol–water partition coefficient (Wildman–Crippen LogP) is -1.35. The molecule has 70 valence electrons. The van der Waals surface area contributed by atoms with Crippen molar-refractivity contribution >= 4 is 18.2 Å². The van der Waals surface area contributed by atoms with E-state index in [0.29, 0.717) is 0 Å². The van der Waals surface area contributed by atoms with Crippen LogP contribution in [0.2, 0.25) is 19.1 Å². The van der Waals surface area contributed by atoms with Crippen LogP contribution in [0.15, 0.2) is 0 Å². The summed E-state index contributed by atoms with van der Waals surface area (Å²) < 4.78 is 29.6. The van der Waals surface area contributed by atoms with Crippen LogP contribution >= 0.6 is 0 Å². The molecule has 0 aliphatic carbocycles. The third-order valence-electron chi connectivity index (χ3n) is 1.50. The fourth-order valence-corrected chi connectivity index (χ4v) is 7.12. The van der Waals surface area contributed by atoms with Gasteiger partial charge in [0.1, 0.15) is 0 Å². The number of hydrogen-bond acceptors (Lipinski definition) is 2. The molecule has 1 N–H and O–H groups in total. The quantitative estimate of drug-likeness (QED) is 0.471. The number of rotatable bonds is 4. The first kappa shape index (κ1) is 15.6. The van der Waals surface area contributed by atoms with Crippen molar-refractivity contribution in [2.45, 2.75) is 32.5 Å². The summed E-state index contributed by atoms with van der Waals surface area (Å²) >= 11 is 0. The van der Waals surface area contributed by atoms with Crippen LogP contribution in [0, 0.1) is 0 Å². The van der Waals surface area contributed by atoms with E-state index in [4.69, 9.17) is 4.55 Å². The van der Waals surface area contributed by atoms with E-state index in [9.17, 15) is 8.42 Å². The summed E-state index contributed by atoms with van der Waals surface area (Å²) in [5.74, 6) is 0. The zero-order valence-corrected chi connectivity index (χ0v) is 12.1. The molecule has 0 heterocycles. The fourth-order valence-electron chi connectivity index (χ4n) is 1.24. The molecule has 0 aliphatic rings. The van der Waals surface area contributed by atoms with E-state index >= 15 is 0 Å². The molecular formula is C6H17NaO3SSi. The van der Waals surface area contributed by atoms with Gasteiger partial charge in [0.15, 0.2) is 0 Å². The summed E-state index contributed by atoms with van der Waals surface area (Å²) in [7, 11) is -5.42. The van der Waals surface area contributed by atoms with Crippen molar-refractivity contribution in [2.24, 2.45) is 0 Å². The summed E-state index contributed by atoms with van der Waals surface area (Å²) in [6.07, 6.45) is 0.995. The molecule has 0 fully saturated rings. The van der Waals surface area contributed by atoms with Crippen molar-refractivity contribution in [3.8, 4) is 0 Å². The van der Waals surface area contributed by atoms with Crippen LogP contribution in [0.25, 0.3) is 0 Å². The molecule has 0 bridgehead atoms. The van der Waals surface area contributed by atoms with Crippen LogP contribution in [0.5, 0.6) is 0 Å². The first-order chi connectivity index (χ1) is 4.77. The average molecular weight is 220 g/mol. The van der Waals surface area contributed by atoms with Gasteiger partial charge in [-0.05, 0) is 0 Å². The zero-order chi connectivity index (χ0) is 9.12. The van der Waals surface area contributed by atoms with Crippen molar-refractivity contribution in [3.05, 3.63) is 0 Å². The Bertz CT molecular complexity index is 218. The van der Waals surface area contributed by atoms with Gasteiger partial charge in [-0.3, -0.25) is 4.55 Å². The summed E-state index contributed by atoms with van der Waals surface area (Å²) in [5.41, 5.74) is 0. The molecule has 0 atom stereocenters. The van der Waals surface area contributed by atoms with E-state index < -0.39 is 18.2 Å². The molecule has 0 amide bonds. The number of hydrogen-bond donors (Lipinski definition) is 1. The zero-order valence-electron chi connectivity index (χ0n) is 9.29. The van der Waals surface area contributed by atoms with Gasteiger partial charge < -0.3 is 1.43 Å². The van der Waals surface area contributed by atoms with Gasteiger partial charge in [-0.2, -0.15) is 8.42 Å². The van der Waals surface area contributed by atoms with Gasteiger partial charge in [-0.1, -0.05) is 32.5 Å². The Hall–Kier alpha value is 1.13. The molecule has 0 saturated carbocycles. The topological polar surface area (TPSA) is 54.4 Å². The normalized spacial score (nSPS) is 12.3. The van der Waals surface area contributed by atoms with Gasteiger partial charge in [-0.25, -0.2) is 0 Å². The molecule has 0 aromatic carbocycles. The Morgan fingerprint density at radius 2 is 1.83 bits per heavy atom. The minimum absolute atomic E-state index is 0. The van der Waals surface area contributed by atoms with Crippen LogP contribution < -0.4 is 29.6 Å². The molecular weight excluding hydrogens is 203 g/mol. The Labute approximate surface area is 99.5 Å². The van der Waals surface area contributed by atoms with Crippen molar-refractivity contribution in [3.63, 3.8) is 0 Å². The second-order valence-corrected chi connectivity index (χ2v) is 10.8. The SMILES string of the molecule is CCC[Si](C)(C)CS(=O)(=O)O.[H-].[Na+]. The summed E-state index contributed by atoms with van der Waals surface area (Å²) in [4.78, 5) is 0. The molecule has 6 heteroatoms. The molecule has 0 radical (unpaired) electrons. The second kappa shape index (κ2) is 5.77. The second-order valence-electron chi connectivity index (χ2n) is 3.64. The molecule has 0 unspecified atom stereocenters. The Balaban J connectivity index is -0.000000500. The summed E-state index contributed by atoms with van der Waals surface area (Å²) in [6.45, 7) is 5.98. The molecule has 0 aliphatic heterocycles. The molecule has 0 aromatic rings. The third-order valence-corrected chi connectivity index (χ3v) is 7.94. The Morgan fingerprint density at radius 3 is 2.08 bits per heavy atom. The van der Waals surface area contributed by atoms with E-state index in [0.717, 1.165) is 12.5 Å². The Kier molecular flexibility index (Phi) is 7.50. The van der Waals surface area contributed by atoms with Crippen molar-refractivity contribution < 1.29 is 44.0 Å². The van der Waals surface area contributed by atoms with E-state index in [2.05, 4.69) is 0 Å². The van der Waals surface area contributed by atoms with Gasteiger partial charge in [0.25, 0.3) is 10.1 Å². The molecule has 0 aromatic heterocycles. The third kappa shape index (κ3) is 9.22. The monoisotopic (exact) mass is 220 g/mol. The first-order valence-corrected chi connectivity index (χ1v) is 8.74. The standard InChI is InChI=1S/C6H16O3SSi.Na.H/c1-4-5-11(2,3)6-10(7,8)9;;/h4-6H2,1-3H3,(H,7,8,9);;/q;+1;-1. The van der Waals surface area contributed by atoms with Gasteiger partial charge >= 0.3 is 29.6 Å². The predicted molar refractivity (Wildman–Crippen MR) is 50.1 cm³/mol. The Morgan fingerprint density at radius 1 is 1.42 bits per heavy atom. The van der Waals surface area contributed by atoms with Crippen molar-refractivity contribution in [2.75, 3.05) is 5.38 Å². The largest absolute Gasteiger partial charge is 1.00 e. The minimum atomic E-state index is -3.74. The van der Waals surface area contributed by atoms with E-state index in [1.165, 1.54) is 0 Å². The van der Waals surface area contributed by atoms with Gasteiger partial charge in [0.2, 0.25) is 0 Å². The molecule has 0 spiro atoms. The van der Waals surface area contributed by atoms with Crippen LogP contribution in [-0.2, 0) is 10.1 Å². The van der Waals surface area contributed by atoms with Crippen LogP contribution in [0.3, 0.4) is 0 Å². The maximum absolute atomic E-state index is 10.5. The van der Waals surface area contributed by atoms with Crippen molar-refractivity contribution in [1.29, 1.82) is 0 Å². The smallest absolute Gasteiger partial charge is 1.00 e. The van der Waals surface area contributed by atoms with E-state index in [1.807, 2.05) is 20.0 Å². The average Bonchev–Trinajstić information content (AvgIpc) is 1.55. The first-order valence-electron chi connectivity index (χ1n) is 3.72. The fraction of sp³-hybridized carbons (Fsp3) is 1.00. The van der Waals surface area contributed by atoms with Gasteiger partial charge in [0.05, 0.1) is 13.5 Å². The van der Waals surface area contributed by atoms with Crippen LogP contribution in [0.1, 0.15) is 14.8 Å². The molecule has 0 rings (SSSR count). The van der Waals surface area contributed by atoms with Crippen molar-refractivity contribution in [1.82, 2.24) is 0 Å². The minimum Gasteiger partial charge on any atom is -1.00 e. The maximum Gasteiger partial charge on any atom is 1.00 e. The van der Waals surface area contributed by atoms with Crippen LogP contribution in [0.4, 0.5) is 0 Å². The summed E-state index contributed by atoms with van der Waals surface area (Å²) in [5, 5.41) is -0.00611. The summed E-state index contributed by atoms with van der Waals surface area (Å²) in [6, 6.07) is 0.951. The van der Waals surface area contributed by atoms with Gasteiger partial charge in [0, 0.05) is 0 Å².